The van der Waals surface area contributed by atoms with E-state index in [4.69, 9.17) is 10.5 Å². The first kappa shape index (κ1) is 19.0. The molecule has 3 heterocycles. The van der Waals surface area contributed by atoms with Crippen molar-refractivity contribution in [2.45, 2.75) is 32.2 Å². The van der Waals surface area contributed by atoms with Gasteiger partial charge in [0.05, 0.1) is 25.0 Å². The molecule has 0 unspecified atom stereocenters. The van der Waals surface area contributed by atoms with Crippen molar-refractivity contribution in [3.63, 3.8) is 0 Å². The lowest BCUT2D eigenvalue weighted by Crippen LogP contribution is -2.29. The van der Waals surface area contributed by atoms with Gasteiger partial charge in [-0.15, -0.1) is 0 Å². The number of Topliss-reactive ketones (excluding diaryl/α,β-unsaturated/α-hetero) is 1. The second kappa shape index (κ2) is 7.48. The first-order valence-electron chi connectivity index (χ1n) is 8.37. The number of aromatic nitrogens is 3. The molecule has 1 atom stereocenters. The number of carbonyl (C=O) groups is 1. The summed E-state index contributed by atoms with van der Waals surface area (Å²) in [5, 5.41) is 0.489. The van der Waals surface area contributed by atoms with Gasteiger partial charge in [-0.3, -0.25) is 14.8 Å². The summed E-state index contributed by atoms with van der Waals surface area (Å²) in [6.07, 6.45) is 5.39. The molecule has 140 valence electrons. The molecule has 7 nitrogen and oxygen atoms in total. The number of methoxy groups -OCH3 is 1. The highest BCUT2D eigenvalue weighted by Crippen LogP contribution is 2.41. The molecule has 0 aliphatic carbocycles. The Morgan fingerprint density at radius 3 is 2.74 bits per heavy atom. The maximum Gasteiger partial charge on any atom is 0.232 e. The second-order valence-electron chi connectivity index (χ2n) is 6.56. The van der Waals surface area contributed by atoms with Crippen LogP contribution in [-0.2, 0) is 12.0 Å². The zero-order valence-electron chi connectivity index (χ0n) is 15.5. The molecule has 0 fully saturated rings. The van der Waals surface area contributed by atoms with Crippen molar-refractivity contribution >= 4 is 22.7 Å². The first-order valence-corrected chi connectivity index (χ1v) is 9.18. The third kappa shape index (κ3) is 4.16. The number of thioether (sulfide) groups is 1. The fourth-order valence-electron chi connectivity index (χ4n) is 3.09. The minimum Gasteiger partial charge on any atom is -0.480 e. The fraction of sp³-hybridized carbons (Fsp3) is 0.316. The van der Waals surface area contributed by atoms with E-state index in [0.29, 0.717) is 17.5 Å². The number of rotatable bonds is 5. The normalized spacial score (nSPS) is 19.5. The molecule has 2 aromatic rings. The molecular weight excluding hydrogens is 362 g/mol. The number of amidine groups is 1. The van der Waals surface area contributed by atoms with E-state index in [1.807, 2.05) is 19.9 Å². The van der Waals surface area contributed by atoms with Gasteiger partial charge in [-0.25, -0.2) is 9.97 Å². The van der Waals surface area contributed by atoms with E-state index in [1.165, 1.54) is 31.3 Å². The minimum atomic E-state index is -0.539. The van der Waals surface area contributed by atoms with Gasteiger partial charge in [0, 0.05) is 30.3 Å². The Labute approximate surface area is 162 Å². The number of pyridine rings is 1. The topological polar surface area (TPSA) is 103 Å². The molecule has 0 saturated heterocycles. The predicted octanol–water partition coefficient (Wildman–Crippen LogP) is 2.79. The zero-order valence-corrected chi connectivity index (χ0v) is 16.3. The predicted molar refractivity (Wildman–Crippen MR) is 106 cm³/mol. The van der Waals surface area contributed by atoms with Gasteiger partial charge in [-0.2, -0.15) is 0 Å². The van der Waals surface area contributed by atoms with E-state index < -0.39 is 5.54 Å². The van der Waals surface area contributed by atoms with Crippen molar-refractivity contribution in [1.82, 2.24) is 15.0 Å². The fourth-order valence-corrected chi connectivity index (χ4v) is 3.98. The van der Waals surface area contributed by atoms with Crippen LogP contribution in [-0.4, -0.2) is 33.0 Å². The summed E-state index contributed by atoms with van der Waals surface area (Å²) in [5.41, 5.74) is 8.29. The van der Waals surface area contributed by atoms with Crippen LogP contribution >= 0.6 is 11.8 Å². The van der Waals surface area contributed by atoms with Crippen molar-refractivity contribution < 1.29 is 9.53 Å². The molecule has 0 radical (unpaired) electrons. The van der Waals surface area contributed by atoms with Gasteiger partial charge in [0.1, 0.15) is 5.69 Å². The second-order valence-corrected chi connectivity index (χ2v) is 7.76. The third-order valence-corrected chi connectivity index (χ3v) is 5.09. The van der Waals surface area contributed by atoms with Crippen LogP contribution in [0.2, 0.25) is 0 Å². The average molecular weight is 383 g/mol. The van der Waals surface area contributed by atoms with E-state index in [-0.39, 0.29) is 17.9 Å². The van der Waals surface area contributed by atoms with Gasteiger partial charge in [0.15, 0.2) is 11.0 Å². The molecule has 2 N–H and O–H groups in total. The van der Waals surface area contributed by atoms with Gasteiger partial charge in [-0.05, 0) is 30.4 Å². The van der Waals surface area contributed by atoms with Crippen LogP contribution in [0.1, 0.15) is 40.7 Å². The van der Waals surface area contributed by atoms with Crippen molar-refractivity contribution in [2.75, 3.05) is 7.11 Å². The van der Waals surface area contributed by atoms with Crippen LogP contribution in [0.25, 0.3) is 0 Å². The van der Waals surface area contributed by atoms with Crippen molar-refractivity contribution in [3.8, 4) is 5.88 Å². The summed E-state index contributed by atoms with van der Waals surface area (Å²) in [6.45, 7) is 7.98. The highest BCUT2D eigenvalue weighted by Gasteiger charge is 2.33. The Balaban J connectivity index is 1.88. The summed E-state index contributed by atoms with van der Waals surface area (Å²) in [5.74, 6) is 0.225. The Bertz CT molecular complexity index is 926. The first-order chi connectivity index (χ1) is 12.8. The molecular formula is C19H21N5O2S. The molecule has 1 aliphatic rings. The number of nitrogens with two attached hydrogens (primary N) is 1. The highest BCUT2D eigenvalue weighted by molar-refractivity contribution is 8.17. The van der Waals surface area contributed by atoms with Gasteiger partial charge in [-0.1, -0.05) is 18.3 Å². The van der Waals surface area contributed by atoms with E-state index in [9.17, 15) is 4.79 Å². The van der Waals surface area contributed by atoms with E-state index in [1.54, 1.807) is 6.20 Å². The number of aliphatic imine (C=N–C) groups is 1. The lowest BCUT2D eigenvalue weighted by Gasteiger charge is -2.32. The van der Waals surface area contributed by atoms with Crippen molar-refractivity contribution in [3.05, 3.63) is 58.7 Å². The molecule has 0 saturated carbocycles. The number of carbonyl (C=O) groups excluding carboxylic acids is 1. The molecule has 0 amide bonds. The molecule has 2 aromatic heterocycles. The maximum atomic E-state index is 12.5. The van der Waals surface area contributed by atoms with E-state index in [0.717, 1.165) is 21.7 Å². The summed E-state index contributed by atoms with van der Waals surface area (Å²) < 4.78 is 4.97. The highest BCUT2D eigenvalue weighted by atomic mass is 32.2. The quantitative estimate of drug-likeness (QED) is 0.792. The largest absolute Gasteiger partial charge is 0.480 e. The monoisotopic (exact) mass is 383 g/mol. The van der Waals surface area contributed by atoms with Crippen LogP contribution in [0.3, 0.4) is 0 Å². The van der Waals surface area contributed by atoms with Crippen LogP contribution < -0.4 is 10.5 Å². The molecule has 1 aliphatic heterocycles. The van der Waals surface area contributed by atoms with Gasteiger partial charge in [0.25, 0.3) is 0 Å². The third-order valence-electron chi connectivity index (χ3n) is 4.36. The molecule has 0 spiro atoms. The summed E-state index contributed by atoms with van der Waals surface area (Å²) in [4.78, 5) is 30.7. The van der Waals surface area contributed by atoms with E-state index >= 15 is 0 Å². The smallest absolute Gasteiger partial charge is 0.232 e. The molecule has 8 heteroatoms. The average Bonchev–Trinajstić information content (AvgIpc) is 2.62. The summed E-state index contributed by atoms with van der Waals surface area (Å²) >= 11 is 1.39. The SMILES string of the molecule is C=C1C[C@@](C)(c2cc(CC(=O)c3cnc(OC)cn3)cnc2C)N=C(N)S1. The molecule has 27 heavy (non-hydrogen) atoms. The minimum absolute atomic E-state index is 0.140. The number of aryl methyl sites for hydroxylation is 1. The lowest BCUT2D eigenvalue weighted by atomic mass is 9.86. The van der Waals surface area contributed by atoms with E-state index in [2.05, 4.69) is 26.5 Å². The van der Waals surface area contributed by atoms with Crippen molar-refractivity contribution in [1.29, 1.82) is 0 Å². The summed E-state index contributed by atoms with van der Waals surface area (Å²) in [7, 11) is 1.50. The number of hydrogen-bond acceptors (Lipinski definition) is 8. The Kier molecular flexibility index (Phi) is 5.27. The zero-order chi connectivity index (χ0) is 19.6. The number of ketones is 1. The molecule has 0 bridgehead atoms. The number of nitrogens with zero attached hydrogens (tertiary/aromatic N) is 4. The van der Waals surface area contributed by atoms with Gasteiger partial charge in [0.2, 0.25) is 5.88 Å². The maximum absolute atomic E-state index is 12.5. The van der Waals surface area contributed by atoms with Crippen LogP contribution in [0.15, 0.2) is 41.1 Å². The molecule has 3 rings (SSSR count). The Hall–Kier alpha value is -2.74. The Morgan fingerprint density at radius 1 is 1.33 bits per heavy atom. The van der Waals surface area contributed by atoms with Crippen molar-refractivity contribution in [2.24, 2.45) is 10.7 Å². The Morgan fingerprint density at radius 2 is 2.11 bits per heavy atom. The van der Waals surface area contributed by atoms with Crippen LogP contribution in [0.5, 0.6) is 5.88 Å². The van der Waals surface area contributed by atoms with Gasteiger partial charge < -0.3 is 10.5 Å². The summed E-state index contributed by atoms with van der Waals surface area (Å²) in [6, 6.07) is 1.97. The van der Waals surface area contributed by atoms with Crippen LogP contribution in [0, 0.1) is 6.92 Å². The standard InChI is InChI=1S/C19H21N5O2S/c1-11-7-19(3,24-18(20)27-11)14-5-13(8-21-12(14)2)6-16(25)15-9-23-17(26-4)10-22-15/h5,8-10H,1,6-7H2,2-4H3,(H2,20,24)/t19-/m0/s1. The molecule has 0 aromatic carbocycles. The lowest BCUT2D eigenvalue weighted by molar-refractivity contribution is 0.0987. The van der Waals surface area contributed by atoms with Gasteiger partial charge >= 0.3 is 0 Å². The van der Waals surface area contributed by atoms with Crippen LogP contribution in [0.4, 0.5) is 0 Å². The number of ether oxygens (including phenoxy) is 1. The number of hydrogen-bond donors (Lipinski definition) is 1.